The molecule has 0 unspecified atom stereocenters. The fourth-order valence-corrected chi connectivity index (χ4v) is 2.20. The Morgan fingerprint density at radius 1 is 1.13 bits per heavy atom. The molecule has 2 N–H and O–H groups in total. The topological polar surface area (TPSA) is 67.8 Å². The van der Waals surface area contributed by atoms with Gasteiger partial charge in [0.25, 0.3) is 5.91 Å². The van der Waals surface area contributed by atoms with Crippen molar-refractivity contribution in [3.8, 4) is 11.5 Å². The summed E-state index contributed by atoms with van der Waals surface area (Å²) in [5.41, 5.74) is 1.10. The summed E-state index contributed by atoms with van der Waals surface area (Å²) in [6.07, 6.45) is -0.809. The minimum atomic E-state index is -0.809. The summed E-state index contributed by atoms with van der Waals surface area (Å²) in [4.78, 5) is 12.2. The van der Waals surface area contributed by atoms with Gasteiger partial charge in [0.15, 0.2) is 11.5 Å². The smallest absolute Gasteiger partial charge is 0.251 e. The first kappa shape index (κ1) is 17.1. The molecule has 2 aromatic carbocycles. The van der Waals surface area contributed by atoms with Gasteiger partial charge in [-0.05, 0) is 35.9 Å². The van der Waals surface area contributed by atoms with Crippen molar-refractivity contribution in [2.75, 3.05) is 20.8 Å². The van der Waals surface area contributed by atoms with Crippen molar-refractivity contribution < 1.29 is 19.4 Å². The minimum absolute atomic E-state index is 0.0921. The summed E-state index contributed by atoms with van der Waals surface area (Å²) in [6, 6.07) is 11.7. The van der Waals surface area contributed by atoms with Crippen molar-refractivity contribution in [3.63, 3.8) is 0 Å². The molecule has 0 heterocycles. The predicted molar refractivity (Wildman–Crippen MR) is 88.3 cm³/mol. The summed E-state index contributed by atoms with van der Waals surface area (Å²) >= 11 is 5.80. The molecule has 0 aliphatic rings. The average molecular weight is 336 g/mol. The van der Waals surface area contributed by atoms with Gasteiger partial charge in [0.1, 0.15) is 0 Å². The number of methoxy groups -OCH3 is 2. The number of aliphatic hydroxyl groups is 1. The van der Waals surface area contributed by atoms with Crippen molar-refractivity contribution in [1.82, 2.24) is 5.32 Å². The van der Waals surface area contributed by atoms with E-state index in [9.17, 15) is 9.90 Å². The van der Waals surface area contributed by atoms with Crippen molar-refractivity contribution >= 4 is 17.5 Å². The Labute approximate surface area is 139 Å². The molecule has 2 aromatic rings. The van der Waals surface area contributed by atoms with Crippen molar-refractivity contribution in [1.29, 1.82) is 0 Å². The molecule has 6 heteroatoms. The Kier molecular flexibility index (Phi) is 5.84. The molecular weight excluding hydrogens is 318 g/mol. The number of hydrogen-bond acceptors (Lipinski definition) is 4. The maximum Gasteiger partial charge on any atom is 0.251 e. The van der Waals surface area contributed by atoms with Gasteiger partial charge >= 0.3 is 0 Å². The van der Waals surface area contributed by atoms with Crippen LogP contribution in [0.25, 0.3) is 0 Å². The summed E-state index contributed by atoms with van der Waals surface area (Å²) in [5.74, 6) is 0.711. The highest BCUT2D eigenvalue weighted by atomic mass is 35.5. The average Bonchev–Trinajstić information content (AvgIpc) is 2.59. The molecule has 5 nitrogen and oxygen atoms in total. The Morgan fingerprint density at radius 3 is 2.39 bits per heavy atom. The van der Waals surface area contributed by atoms with Crippen LogP contribution in [0.2, 0.25) is 5.02 Å². The molecule has 0 radical (unpaired) electrons. The molecule has 0 saturated heterocycles. The zero-order valence-electron chi connectivity index (χ0n) is 12.9. The molecule has 0 aliphatic heterocycles. The third-order valence-electron chi connectivity index (χ3n) is 3.36. The molecule has 0 spiro atoms. The molecule has 0 bridgehead atoms. The van der Waals surface area contributed by atoms with Gasteiger partial charge in [-0.1, -0.05) is 23.7 Å². The van der Waals surface area contributed by atoms with Crippen LogP contribution >= 0.6 is 11.6 Å². The second kappa shape index (κ2) is 7.85. The predicted octanol–water partition coefficient (Wildman–Crippen LogP) is 2.82. The Morgan fingerprint density at radius 2 is 1.78 bits per heavy atom. The molecular formula is C17H18ClNO4. The number of aliphatic hydroxyl groups excluding tert-OH is 1. The molecule has 1 atom stereocenters. The maximum absolute atomic E-state index is 12.2. The van der Waals surface area contributed by atoms with Crippen LogP contribution in [0.15, 0.2) is 42.5 Å². The third kappa shape index (κ3) is 4.37. The van der Waals surface area contributed by atoms with E-state index in [-0.39, 0.29) is 12.5 Å². The molecule has 1 amide bonds. The van der Waals surface area contributed by atoms with Crippen LogP contribution < -0.4 is 14.8 Å². The number of benzene rings is 2. The van der Waals surface area contributed by atoms with Crippen molar-refractivity contribution in [3.05, 3.63) is 58.6 Å². The highest BCUT2D eigenvalue weighted by molar-refractivity contribution is 6.30. The van der Waals surface area contributed by atoms with E-state index in [1.54, 1.807) is 42.5 Å². The largest absolute Gasteiger partial charge is 0.493 e. The van der Waals surface area contributed by atoms with E-state index in [4.69, 9.17) is 21.1 Å². The summed E-state index contributed by atoms with van der Waals surface area (Å²) < 4.78 is 10.3. The Hall–Kier alpha value is -2.24. The third-order valence-corrected chi connectivity index (χ3v) is 3.61. The van der Waals surface area contributed by atoms with Gasteiger partial charge in [-0.25, -0.2) is 0 Å². The summed E-state index contributed by atoms with van der Waals surface area (Å²) in [5, 5.41) is 13.4. The molecule has 0 aliphatic carbocycles. The standard InChI is InChI=1S/C17H18ClNO4/c1-22-15-8-5-12(9-16(15)23-2)17(21)19-10-14(20)11-3-6-13(18)7-4-11/h3-9,14,20H,10H2,1-2H3,(H,19,21)/t14-/m1/s1. The van der Waals surface area contributed by atoms with E-state index >= 15 is 0 Å². The van der Waals surface area contributed by atoms with Crippen molar-refractivity contribution in [2.45, 2.75) is 6.10 Å². The fraction of sp³-hybridized carbons (Fsp3) is 0.235. The number of halogens is 1. The lowest BCUT2D eigenvalue weighted by Crippen LogP contribution is -2.28. The monoisotopic (exact) mass is 335 g/mol. The number of carbonyl (C=O) groups is 1. The number of rotatable bonds is 6. The number of hydrogen-bond donors (Lipinski definition) is 2. The second-order valence-electron chi connectivity index (χ2n) is 4.85. The first-order chi connectivity index (χ1) is 11.0. The van der Waals surface area contributed by atoms with Crippen LogP contribution in [-0.2, 0) is 0 Å². The number of ether oxygens (including phenoxy) is 2. The minimum Gasteiger partial charge on any atom is -0.493 e. The van der Waals surface area contributed by atoms with Gasteiger partial charge in [0.05, 0.1) is 20.3 Å². The van der Waals surface area contributed by atoms with Gasteiger partial charge in [0, 0.05) is 17.1 Å². The molecule has 0 fully saturated rings. The van der Waals surface area contributed by atoms with Crippen LogP contribution in [0.1, 0.15) is 22.0 Å². The first-order valence-electron chi connectivity index (χ1n) is 6.99. The van der Waals surface area contributed by atoms with Crippen LogP contribution in [-0.4, -0.2) is 31.8 Å². The fourth-order valence-electron chi connectivity index (χ4n) is 2.07. The van der Waals surface area contributed by atoms with Gasteiger partial charge in [-0.15, -0.1) is 0 Å². The van der Waals surface area contributed by atoms with Crippen LogP contribution in [0.5, 0.6) is 11.5 Å². The van der Waals surface area contributed by atoms with Gasteiger partial charge in [0.2, 0.25) is 0 Å². The van der Waals surface area contributed by atoms with E-state index in [0.717, 1.165) is 0 Å². The molecule has 122 valence electrons. The van der Waals surface area contributed by atoms with E-state index in [1.807, 2.05) is 0 Å². The zero-order chi connectivity index (χ0) is 16.8. The zero-order valence-corrected chi connectivity index (χ0v) is 13.6. The normalized spacial score (nSPS) is 11.7. The lowest BCUT2D eigenvalue weighted by atomic mass is 10.1. The number of nitrogens with one attached hydrogen (secondary N) is 1. The van der Waals surface area contributed by atoms with Crippen molar-refractivity contribution in [2.24, 2.45) is 0 Å². The summed E-state index contributed by atoms with van der Waals surface area (Å²) in [6.45, 7) is 0.0921. The summed E-state index contributed by atoms with van der Waals surface area (Å²) in [7, 11) is 3.03. The van der Waals surface area contributed by atoms with Crippen LogP contribution in [0.3, 0.4) is 0 Å². The Bertz CT molecular complexity index is 673. The first-order valence-corrected chi connectivity index (χ1v) is 7.36. The Balaban J connectivity index is 2.00. The van der Waals surface area contributed by atoms with Gasteiger partial charge < -0.3 is 19.9 Å². The number of amides is 1. The lowest BCUT2D eigenvalue weighted by Gasteiger charge is -2.13. The highest BCUT2D eigenvalue weighted by Gasteiger charge is 2.13. The van der Waals surface area contributed by atoms with E-state index < -0.39 is 6.10 Å². The quantitative estimate of drug-likeness (QED) is 0.851. The molecule has 23 heavy (non-hydrogen) atoms. The maximum atomic E-state index is 12.2. The number of carbonyl (C=O) groups excluding carboxylic acids is 1. The molecule has 2 rings (SSSR count). The molecule has 0 saturated carbocycles. The van der Waals surface area contributed by atoms with Gasteiger partial charge in [-0.2, -0.15) is 0 Å². The van der Waals surface area contributed by atoms with Crippen LogP contribution in [0.4, 0.5) is 0 Å². The van der Waals surface area contributed by atoms with E-state index in [2.05, 4.69) is 5.32 Å². The lowest BCUT2D eigenvalue weighted by molar-refractivity contribution is 0.0916. The van der Waals surface area contributed by atoms with E-state index in [0.29, 0.717) is 27.6 Å². The SMILES string of the molecule is COc1ccc(C(=O)NC[C@@H](O)c2ccc(Cl)cc2)cc1OC. The van der Waals surface area contributed by atoms with E-state index in [1.165, 1.54) is 14.2 Å². The second-order valence-corrected chi connectivity index (χ2v) is 5.28. The molecule has 0 aromatic heterocycles. The highest BCUT2D eigenvalue weighted by Crippen LogP contribution is 2.27. The van der Waals surface area contributed by atoms with Gasteiger partial charge in [-0.3, -0.25) is 4.79 Å². The van der Waals surface area contributed by atoms with Crippen LogP contribution in [0, 0.1) is 0 Å².